The van der Waals surface area contributed by atoms with E-state index >= 15 is 0 Å². The van der Waals surface area contributed by atoms with Crippen LogP contribution in [0.15, 0.2) is 48.6 Å². The van der Waals surface area contributed by atoms with Gasteiger partial charge in [-0.05, 0) is 43.0 Å². The zero-order valence-corrected chi connectivity index (χ0v) is 11.0. The first-order chi connectivity index (χ1) is 8.15. The zero-order valence-electron chi connectivity index (χ0n) is 11.0. The zero-order chi connectivity index (χ0) is 12.8. The number of hydrogen-bond donors (Lipinski definition) is 1. The summed E-state index contributed by atoms with van der Waals surface area (Å²) in [5.74, 6) is 0. The van der Waals surface area contributed by atoms with E-state index in [-0.39, 0.29) is 0 Å². The monoisotopic (exact) mass is 227 g/mol. The fraction of sp³-hybridized carbons (Fsp3) is 0.250. The van der Waals surface area contributed by atoms with Gasteiger partial charge in [-0.3, -0.25) is 0 Å². The summed E-state index contributed by atoms with van der Waals surface area (Å²) >= 11 is 0. The second kappa shape index (κ2) is 6.09. The van der Waals surface area contributed by atoms with Crippen LogP contribution in [-0.2, 0) is 0 Å². The Kier molecular flexibility index (Phi) is 4.77. The van der Waals surface area contributed by atoms with E-state index in [9.17, 15) is 0 Å². The first-order valence-corrected chi connectivity index (χ1v) is 5.99. The molecule has 0 fully saturated rings. The van der Waals surface area contributed by atoms with Crippen LogP contribution in [0, 0.1) is 6.92 Å². The molecule has 0 amide bonds. The highest BCUT2D eigenvalue weighted by atomic mass is 14.6. The minimum atomic E-state index is 0.825. The van der Waals surface area contributed by atoms with Gasteiger partial charge in [0.25, 0.3) is 0 Å². The normalized spacial score (nSPS) is 12.6. The Morgan fingerprint density at radius 1 is 1.41 bits per heavy atom. The molecule has 1 aromatic carbocycles. The van der Waals surface area contributed by atoms with Crippen molar-refractivity contribution in [3.63, 3.8) is 0 Å². The molecular formula is C16H21N. The van der Waals surface area contributed by atoms with E-state index in [0.717, 1.165) is 17.7 Å². The lowest BCUT2D eigenvalue weighted by Crippen LogP contribution is -1.97. The lowest BCUT2D eigenvalue weighted by molar-refractivity contribution is 1.15. The predicted octanol–water partition coefficient (Wildman–Crippen LogP) is 4.50. The van der Waals surface area contributed by atoms with Gasteiger partial charge >= 0.3 is 0 Å². The lowest BCUT2D eigenvalue weighted by Gasteiger charge is -2.13. The van der Waals surface area contributed by atoms with Gasteiger partial charge < -0.3 is 5.73 Å². The van der Waals surface area contributed by atoms with Crippen molar-refractivity contribution in [3.8, 4) is 0 Å². The van der Waals surface area contributed by atoms with Crippen molar-refractivity contribution in [2.45, 2.75) is 27.2 Å². The van der Waals surface area contributed by atoms with Gasteiger partial charge in [0.1, 0.15) is 0 Å². The molecule has 0 spiro atoms. The largest absolute Gasteiger partial charge is 0.398 e. The number of nitrogen functional groups attached to an aromatic ring is 1. The molecule has 1 aromatic rings. The standard InChI is InChI=1S/C16H21N/c1-5-9-14(13(6-2)7-3)16-12(4)10-8-11-15(16)17/h5-6,8-11H,2,7,17H2,1,3-4H3/b9-5-,14-13-. The summed E-state index contributed by atoms with van der Waals surface area (Å²) in [6.45, 7) is 10.1. The van der Waals surface area contributed by atoms with Gasteiger partial charge in [-0.2, -0.15) is 0 Å². The van der Waals surface area contributed by atoms with Crippen LogP contribution < -0.4 is 5.73 Å². The molecule has 0 saturated carbocycles. The second-order valence-electron chi connectivity index (χ2n) is 4.04. The number of hydrogen-bond acceptors (Lipinski definition) is 1. The van der Waals surface area contributed by atoms with E-state index in [4.69, 9.17) is 5.73 Å². The molecule has 90 valence electrons. The molecule has 0 heterocycles. The van der Waals surface area contributed by atoms with Crippen LogP contribution in [0.1, 0.15) is 31.4 Å². The van der Waals surface area contributed by atoms with Crippen molar-refractivity contribution >= 4 is 11.3 Å². The van der Waals surface area contributed by atoms with Gasteiger partial charge in [-0.15, -0.1) is 0 Å². The minimum Gasteiger partial charge on any atom is -0.398 e. The Bertz CT molecular complexity index is 444. The van der Waals surface area contributed by atoms with Gasteiger partial charge in [-0.25, -0.2) is 0 Å². The first kappa shape index (κ1) is 13.3. The van der Waals surface area contributed by atoms with Gasteiger partial charge in [0, 0.05) is 11.3 Å². The molecule has 0 unspecified atom stereocenters. The Morgan fingerprint density at radius 3 is 2.59 bits per heavy atom. The fourth-order valence-electron chi connectivity index (χ4n) is 2.02. The maximum atomic E-state index is 6.10. The van der Waals surface area contributed by atoms with Crippen LogP contribution in [0.25, 0.3) is 5.57 Å². The van der Waals surface area contributed by atoms with E-state index < -0.39 is 0 Å². The van der Waals surface area contributed by atoms with Crippen molar-refractivity contribution in [1.29, 1.82) is 0 Å². The Labute approximate surface area is 104 Å². The second-order valence-corrected chi connectivity index (χ2v) is 4.04. The molecule has 0 aliphatic rings. The van der Waals surface area contributed by atoms with Crippen molar-refractivity contribution < 1.29 is 0 Å². The van der Waals surface area contributed by atoms with Crippen LogP contribution in [0.4, 0.5) is 5.69 Å². The van der Waals surface area contributed by atoms with Crippen LogP contribution >= 0.6 is 0 Å². The molecular weight excluding hydrogens is 206 g/mol. The summed E-state index contributed by atoms with van der Waals surface area (Å²) in [6, 6.07) is 6.02. The van der Waals surface area contributed by atoms with E-state index in [1.165, 1.54) is 16.7 Å². The minimum absolute atomic E-state index is 0.825. The van der Waals surface area contributed by atoms with E-state index in [1.54, 1.807) is 0 Å². The third kappa shape index (κ3) is 2.88. The highest BCUT2D eigenvalue weighted by Gasteiger charge is 2.09. The Hall–Kier alpha value is -1.76. The van der Waals surface area contributed by atoms with Crippen LogP contribution in [0.3, 0.4) is 0 Å². The van der Waals surface area contributed by atoms with Crippen molar-refractivity contribution in [3.05, 3.63) is 59.7 Å². The molecule has 17 heavy (non-hydrogen) atoms. The van der Waals surface area contributed by atoms with Gasteiger partial charge in [0.05, 0.1) is 0 Å². The third-order valence-corrected chi connectivity index (χ3v) is 2.88. The molecule has 1 nitrogen and oxygen atoms in total. The number of aryl methyl sites for hydroxylation is 1. The first-order valence-electron chi connectivity index (χ1n) is 5.99. The molecule has 0 aliphatic heterocycles. The summed E-state index contributed by atoms with van der Waals surface area (Å²) in [7, 11) is 0. The van der Waals surface area contributed by atoms with Gasteiger partial charge in [0.15, 0.2) is 0 Å². The number of nitrogens with two attached hydrogens (primary N) is 1. The number of anilines is 1. The quantitative estimate of drug-likeness (QED) is 0.594. The van der Waals surface area contributed by atoms with Crippen molar-refractivity contribution in [1.82, 2.24) is 0 Å². The molecule has 0 bridgehead atoms. The topological polar surface area (TPSA) is 26.0 Å². The summed E-state index contributed by atoms with van der Waals surface area (Å²) in [5.41, 5.74) is 11.7. The third-order valence-electron chi connectivity index (χ3n) is 2.88. The van der Waals surface area contributed by atoms with Crippen LogP contribution in [0.5, 0.6) is 0 Å². The van der Waals surface area contributed by atoms with E-state index in [2.05, 4.69) is 32.6 Å². The Morgan fingerprint density at radius 2 is 2.12 bits per heavy atom. The maximum Gasteiger partial charge on any atom is 0.0396 e. The molecule has 0 radical (unpaired) electrons. The molecule has 0 aromatic heterocycles. The molecule has 2 N–H and O–H groups in total. The fourth-order valence-corrected chi connectivity index (χ4v) is 2.02. The summed E-state index contributed by atoms with van der Waals surface area (Å²) in [6.07, 6.45) is 7.03. The summed E-state index contributed by atoms with van der Waals surface area (Å²) in [4.78, 5) is 0. The average Bonchev–Trinajstić information content (AvgIpc) is 2.30. The Balaban J connectivity index is 3.54. The molecule has 0 aliphatic carbocycles. The highest BCUT2D eigenvalue weighted by Crippen LogP contribution is 2.30. The molecule has 1 heteroatoms. The number of allylic oxidation sites excluding steroid dienone is 5. The van der Waals surface area contributed by atoms with Crippen LogP contribution in [0.2, 0.25) is 0 Å². The lowest BCUT2D eigenvalue weighted by atomic mass is 9.93. The number of rotatable bonds is 4. The number of benzene rings is 1. The molecule has 0 saturated heterocycles. The summed E-state index contributed by atoms with van der Waals surface area (Å²) in [5, 5.41) is 0. The van der Waals surface area contributed by atoms with E-state index in [0.29, 0.717) is 0 Å². The van der Waals surface area contributed by atoms with Gasteiger partial charge in [0.2, 0.25) is 0 Å². The smallest absolute Gasteiger partial charge is 0.0396 e. The summed E-state index contributed by atoms with van der Waals surface area (Å²) < 4.78 is 0. The predicted molar refractivity (Wildman–Crippen MR) is 77.8 cm³/mol. The van der Waals surface area contributed by atoms with Crippen LogP contribution in [-0.4, -0.2) is 0 Å². The average molecular weight is 227 g/mol. The van der Waals surface area contributed by atoms with E-state index in [1.807, 2.05) is 31.2 Å². The molecule has 0 atom stereocenters. The molecule has 1 rings (SSSR count). The van der Waals surface area contributed by atoms with Gasteiger partial charge in [-0.1, -0.05) is 43.9 Å². The SMILES string of the molecule is C=C/C(CC)=C(\C=C/C)c1c(C)cccc1N. The van der Waals surface area contributed by atoms with Crippen molar-refractivity contribution in [2.75, 3.05) is 5.73 Å². The van der Waals surface area contributed by atoms with Crippen molar-refractivity contribution in [2.24, 2.45) is 0 Å². The maximum absolute atomic E-state index is 6.10. The highest BCUT2D eigenvalue weighted by molar-refractivity contribution is 5.86.